The maximum absolute atomic E-state index is 13.0. The lowest BCUT2D eigenvalue weighted by Crippen LogP contribution is -2.52. The zero-order valence-electron chi connectivity index (χ0n) is 17.6. The quantitative estimate of drug-likeness (QED) is 0.774. The third-order valence-electron chi connectivity index (χ3n) is 5.83. The number of sulfonamides is 1. The van der Waals surface area contributed by atoms with Crippen LogP contribution in [-0.2, 0) is 23.5 Å². The van der Waals surface area contributed by atoms with Gasteiger partial charge >= 0.3 is 0 Å². The number of para-hydroxylation sites is 1. The minimum atomic E-state index is -3.53. The molecule has 0 radical (unpaired) electrons. The van der Waals surface area contributed by atoms with Crippen LogP contribution in [0.1, 0.15) is 42.9 Å². The smallest absolute Gasteiger partial charge is 0.272 e. The first-order valence-electron chi connectivity index (χ1n) is 10.4. The van der Waals surface area contributed by atoms with Crippen LogP contribution in [0.4, 0.5) is 5.69 Å². The molecule has 1 amide bonds. The molecule has 2 aliphatic heterocycles. The van der Waals surface area contributed by atoms with Gasteiger partial charge in [0.15, 0.2) is 0 Å². The summed E-state index contributed by atoms with van der Waals surface area (Å²) in [6.45, 7) is 5.45. The van der Waals surface area contributed by atoms with E-state index in [9.17, 15) is 13.2 Å². The summed E-state index contributed by atoms with van der Waals surface area (Å²) in [5.74, 6) is 0.580. The van der Waals surface area contributed by atoms with Gasteiger partial charge in [-0.3, -0.25) is 9.48 Å². The van der Waals surface area contributed by atoms with E-state index in [-0.39, 0.29) is 22.9 Å². The normalized spacial score (nSPS) is 21.3. The number of nitrogens with zero attached hydrogens (tertiary/aromatic N) is 3. The molecule has 1 aromatic carbocycles. The molecule has 0 bridgehead atoms. The van der Waals surface area contributed by atoms with Crippen molar-refractivity contribution in [2.45, 2.75) is 44.2 Å². The maximum atomic E-state index is 13.0. The summed E-state index contributed by atoms with van der Waals surface area (Å²) in [4.78, 5) is 15.1. The number of hydrogen-bond donors (Lipinski definition) is 2. The van der Waals surface area contributed by atoms with Crippen LogP contribution in [0.25, 0.3) is 0 Å². The van der Waals surface area contributed by atoms with Crippen molar-refractivity contribution in [1.29, 1.82) is 0 Å². The number of amides is 1. The fourth-order valence-electron chi connectivity index (χ4n) is 4.30. The Balaban J connectivity index is 1.41. The Bertz CT molecular complexity index is 1040. The molecule has 2 N–H and O–H groups in total. The van der Waals surface area contributed by atoms with Crippen LogP contribution < -0.4 is 10.0 Å². The molecule has 1 fully saturated rings. The van der Waals surface area contributed by atoms with Crippen molar-refractivity contribution in [2.24, 2.45) is 18.9 Å². The van der Waals surface area contributed by atoms with Crippen molar-refractivity contribution in [3.8, 4) is 0 Å². The second-order valence-corrected chi connectivity index (χ2v) is 10.3. The Hall–Kier alpha value is -2.39. The van der Waals surface area contributed by atoms with Crippen LogP contribution in [0.2, 0.25) is 0 Å². The molecular formula is C21H29N5O3S. The first-order valence-corrected chi connectivity index (χ1v) is 11.9. The molecule has 0 spiro atoms. The minimum Gasteiger partial charge on any atom is -0.368 e. The molecule has 1 unspecified atom stereocenters. The highest BCUT2D eigenvalue weighted by atomic mass is 32.2. The Kier molecular flexibility index (Phi) is 5.59. The van der Waals surface area contributed by atoms with Gasteiger partial charge in [0.05, 0.1) is 17.5 Å². The number of nitrogens with one attached hydrogen (secondary N) is 2. The van der Waals surface area contributed by atoms with Gasteiger partial charge in [-0.2, -0.15) is 9.82 Å². The van der Waals surface area contributed by atoms with E-state index < -0.39 is 10.0 Å². The number of hydrogen-bond acceptors (Lipinski definition) is 5. The number of fused-ring (bicyclic) bond motifs is 1. The van der Waals surface area contributed by atoms with E-state index in [1.165, 1.54) is 0 Å². The van der Waals surface area contributed by atoms with Crippen LogP contribution >= 0.6 is 0 Å². The van der Waals surface area contributed by atoms with E-state index >= 15 is 0 Å². The standard InChI is InChI=1S/C21H29N5O3S/c1-14(2)12-16-13-18(25(3)23-16)21(27)26-10-8-15(9-11-26)20-22-17-6-4-5-7-19(17)30(28,29)24-20/h4-7,13-15,20,22,24H,8-12H2,1-3H3. The molecule has 162 valence electrons. The highest BCUT2D eigenvalue weighted by Gasteiger charge is 2.36. The van der Waals surface area contributed by atoms with Crippen molar-refractivity contribution in [3.63, 3.8) is 0 Å². The van der Waals surface area contributed by atoms with Gasteiger partial charge in [-0.15, -0.1) is 0 Å². The van der Waals surface area contributed by atoms with E-state index in [1.54, 1.807) is 22.9 Å². The number of carbonyl (C=O) groups excluding carboxylic acids is 1. The summed E-state index contributed by atoms with van der Waals surface area (Å²) in [5.41, 5.74) is 2.17. The van der Waals surface area contributed by atoms with Gasteiger partial charge < -0.3 is 10.2 Å². The third-order valence-corrected chi connectivity index (χ3v) is 7.33. The van der Waals surface area contributed by atoms with E-state index in [1.807, 2.05) is 24.1 Å². The Morgan fingerprint density at radius 2 is 1.93 bits per heavy atom. The van der Waals surface area contributed by atoms with E-state index in [4.69, 9.17) is 0 Å². The lowest BCUT2D eigenvalue weighted by molar-refractivity contribution is 0.0668. The fraction of sp³-hybridized carbons (Fsp3) is 0.524. The number of aryl methyl sites for hydroxylation is 1. The molecule has 1 atom stereocenters. The molecule has 1 saturated heterocycles. The molecule has 1 aromatic heterocycles. The van der Waals surface area contributed by atoms with E-state index in [0.717, 1.165) is 25.0 Å². The highest BCUT2D eigenvalue weighted by Crippen LogP contribution is 2.31. The number of aromatic nitrogens is 2. The molecule has 4 rings (SSSR count). The topological polar surface area (TPSA) is 96.3 Å². The van der Waals surface area contributed by atoms with Gasteiger partial charge in [0.25, 0.3) is 5.91 Å². The summed E-state index contributed by atoms with van der Waals surface area (Å²) >= 11 is 0. The molecule has 2 aliphatic rings. The van der Waals surface area contributed by atoms with Crippen molar-refractivity contribution in [2.75, 3.05) is 18.4 Å². The Labute approximate surface area is 177 Å². The van der Waals surface area contributed by atoms with Gasteiger partial charge in [-0.05, 0) is 49.3 Å². The number of likely N-dealkylation sites (tertiary alicyclic amines) is 1. The van der Waals surface area contributed by atoms with Gasteiger partial charge in [0, 0.05) is 20.1 Å². The van der Waals surface area contributed by atoms with Crippen molar-refractivity contribution < 1.29 is 13.2 Å². The highest BCUT2D eigenvalue weighted by molar-refractivity contribution is 7.89. The number of carbonyl (C=O) groups is 1. The first-order chi connectivity index (χ1) is 14.2. The molecular weight excluding hydrogens is 402 g/mol. The van der Waals surface area contributed by atoms with Gasteiger partial charge in [-0.1, -0.05) is 26.0 Å². The molecule has 0 aliphatic carbocycles. The van der Waals surface area contributed by atoms with Gasteiger partial charge in [-0.25, -0.2) is 8.42 Å². The van der Waals surface area contributed by atoms with Crippen molar-refractivity contribution in [3.05, 3.63) is 41.7 Å². The van der Waals surface area contributed by atoms with Crippen LogP contribution in [-0.4, -0.2) is 48.3 Å². The summed E-state index contributed by atoms with van der Waals surface area (Å²) < 4.78 is 29.6. The van der Waals surface area contributed by atoms with E-state index in [0.29, 0.717) is 30.4 Å². The predicted octanol–water partition coefficient (Wildman–Crippen LogP) is 2.20. The lowest BCUT2D eigenvalue weighted by Gasteiger charge is -2.38. The number of anilines is 1. The van der Waals surface area contributed by atoms with Crippen LogP contribution in [0, 0.1) is 11.8 Å². The number of benzene rings is 1. The molecule has 3 heterocycles. The zero-order chi connectivity index (χ0) is 21.5. The number of rotatable bonds is 4. The summed E-state index contributed by atoms with van der Waals surface area (Å²) in [6.07, 6.45) is 1.94. The van der Waals surface area contributed by atoms with Crippen molar-refractivity contribution in [1.82, 2.24) is 19.4 Å². The van der Waals surface area contributed by atoms with Crippen LogP contribution in [0.15, 0.2) is 35.2 Å². The fourth-order valence-corrected chi connectivity index (χ4v) is 5.69. The minimum absolute atomic E-state index is 0.0130. The molecule has 2 aromatic rings. The van der Waals surface area contributed by atoms with Crippen molar-refractivity contribution >= 4 is 21.6 Å². The monoisotopic (exact) mass is 431 g/mol. The maximum Gasteiger partial charge on any atom is 0.272 e. The predicted molar refractivity (Wildman–Crippen MR) is 115 cm³/mol. The Morgan fingerprint density at radius 1 is 1.23 bits per heavy atom. The first kappa shape index (κ1) is 20.9. The largest absolute Gasteiger partial charge is 0.368 e. The third kappa shape index (κ3) is 4.09. The van der Waals surface area contributed by atoms with Gasteiger partial charge in [0.2, 0.25) is 10.0 Å². The Morgan fingerprint density at radius 3 is 2.63 bits per heavy atom. The summed E-state index contributed by atoms with van der Waals surface area (Å²) in [6, 6.07) is 8.82. The molecule has 30 heavy (non-hydrogen) atoms. The summed E-state index contributed by atoms with van der Waals surface area (Å²) in [5, 5.41) is 7.80. The van der Waals surface area contributed by atoms with E-state index in [2.05, 4.69) is 29.0 Å². The zero-order valence-corrected chi connectivity index (χ0v) is 18.4. The SMILES string of the molecule is CC(C)Cc1cc(C(=O)N2CCC(C3Nc4ccccc4S(=O)(=O)N3)CC2)n(C)n1. The molecule has 8 nitrogen and oxygen atoms in total. The average Bonchev–Trinajstić information content (AvgIpc) is 3.06. The number of piperidine rings is 1. The van der Waals surface area contributed by atoms with Gasteiger partial charge in [0.1, 0.15) is 10.6 Å². The second-order valence-electron chi connectivity index (χ2n) is 8.61. The second kappa shape index (κ2) is 8.03. The lowest BCUT2D eigenvalue weighted by atomic mass is 9.93. The molecule has 9 heteroatoms. The average molecular weight is 432 g/mol. The van der Waals surface area contributed by atoms with Crippen LogP contribution in [0.3, 0.4) is 0 Å². The molecule has 0 saturated carbocycles. The summed E-state index contributed by atoms with van der Waals surface area (Å²) in [7, 11) is -1.72. The van der Waals surface area contributed by atoms with Crippen LogP contribution in [0.5, 0.6) is 0 Å².